The molecule has 18 heteroatoms. The first kappa shape index (κ1) is 47.3. The second-order valence-electron chi connectivity index (χ2n) is 18.2. The van der Waals surface area contributed by atoms with Gasteiger partial charge in [-0.2, -0.15) is 0 Å². The number of Topliss-reactive ketones (excluding diaryl/α,β-unsaturated/α-hetero) is 1. The van der Waals surface area contributed by atoms with Gasteiger partial charge in [-0.05, 0) is 89.0 Å². The van der Waals surface area contributed by atoms with Crippen LogP contribution in [0.1, 0.15) is 96.5 Å². The second kappa shape index (κ2) is 19.9. The summed E-state index contributed by atoms with van der Waals surface area (Å²) >= 11 is 8.29. The van der Waals surface area contributed by atoms with Gasteiger partial charge in [0.05, 0.1) is 61.2 Å². The summed E-state index contributed by atoms with van der Waals surface area (Å²) in [5.74, 6) is -3.96. The zero-order valence-electron chi connectivity index (χ0n) is 36.9. The van der Waals surface area contributed by atoms with Crippen molar-refractivity contribution < 1.29 is 51.6 Å². The number of carbonyl (C=O) groups excluding carboxylic acids is 3. The van der Waals surface area contributed by atoms with Crippen LogP contribution in [0.2, 0.25) is 5.02 Å². The van der Waals surface area contributed by atoms with Crippen LogP contribution in [-0.4, -0.2) is 93.7 Å². The lowest BCUT2D eigenvalue weighted by Crippen LogP contribution is -2.46. The van der Waals surface area contributed by atoms with Gasteiger partial charge in [0.25, 0.3) is 0 Å². The molecule has 2 aliphatic heterocycles. The Hall–Kier alpha value is -4.21. The number of carbonyl (C=O) groups is 3. The predicted molar refractivity (Wildman–Crippen MR) is 244 cm³/mol. The van der Waals surface area contributed by atoms with Crippen molar-refractivity contribution in [3.63, 3.8) is 0 Å². The van der Waals surface area contributed by atoms with Gasteiger partial charge in [0.2, 0.25) is 13.3 Å². The highest BCUT2D eigenvalue weighted by Gasteiger charge is 2.66. The number of fused-ring (bicyclic) bond motifs is 3. The summed E-state index contributed by atoms with van der Waals surface area (Å²) in [7, 11) is -2.96. The number of benzene rings is 2. The van der Waals surface area contributed by atoms with Crippen LogP contribution in [0.5, 0.6) is 11.5 Å². The zero-order chi connectivity index (χ0) is 46.0. The molecular formula is C47H56ClF2N4O9PS. The molecular weight excluding hydrogens is 901 g/mol. The molecule has 2 aliphatic carbocycles. The largest absolute Gasteiger partial charge is 0.495 e. The molecule has 350 valence electrons. The monoisotopic (exact) mass is 956 g/mol. The van der Waals surface area contributed by atoms with Crippen molar-refractivity contribution >= 4 is 64.0 Å². The summed E-state index contributed by atoms with van der Waals surface area (Å²) < 4.78 is 68.7. The molecule has 0 spiro atoms. The number of nitrogens with zero attached hydrogens (tertiary/aromatic N) is 3. The lowest BCUT2D eigenvalue weighted by atomic mass is 9.99. The molecule has 2 aromatic carbocycles. The maximum Gasteiger partial charge on any atom is 0.306 e. The van der Waals surface area contributed by atoms with Crippen LogP contribution in [0.4, 0.5) is 13.9 Å². The van der Waals surface area contributed by atoms with Gasteiger partial charge < -0.3 is 34.1 Å². The highest BCUT2D eigenvalue weighted by molar-refractivity contribution is 7.59. The van der Waals surface area contributed by atoms with Gasteiger partial charge in [0, 0.05) is 47.9 Å². The average Bonchev–Trinajstić information content (AvgIpc) is 3.68. The van der Waals surface area contributed by atoms with Gasteiger partial charge in [-0.3, -0.25) is 18.9 Å². The van der Waals surface area contributed by atoms with E-state index in [2.05, 4.69) is 5.32 Å². The Labute approximate surface area is 386 Å². The number of pyridine rings is 1. The Balaban J connectivity index is 1.14. The highest BCUT2D eigenvalue weighted by Crippen LogP contribution is 2.75. The van der Waals surface area contributed by atoms with Crippen LogP contribution in [0.3, 0.4) is 0 Å². The van der Waals surface area contributed by atoms with Crippen molar-refractivity contribution in [2.24, 2.45) is 11.8 Å². The molecule has 0 radical (unpaired) electrons. The molecule has 2 N–H and O–H groups in total. The third-order valence-corrected chi connectivity index (χ3v) is 17.3. The maximum atomic E-state index is 15.0. The number of amides is 1. The Kier molecular flexibility index (Phi) is 14.5. The number of rotatable bonds is 12. The minimum absolute atomic E-state index is 0.00524. The first-order valence-corrected chi connectivity index (χ1v) is 25.7. The fourth-order valence-electron chi connectivity index (χ4n) is 9.78. The number of anilines is 1. The number of methoxy groups -OCH3 is 1. The predicted octanol–water partition coefficient (Wildman–Crippen LogP) is 9.74. The summed E-state index contributed by atoms with van der Waals surface area (Å²) in [5.41, 5.74) is 0.910. The van der Waals surface area contributed by atoms with Crippen LogP contribution < -0.4 is 14.8 Å². The third-order valence-electron chi connectivity index (χ3n) is 13.3. The number of aromatic nitrogens is 2. The standard InChI is InChI=1S/C47H56ClF2N4O9PS/c1-27(2)51-46-53-37(26-65-46)36-20-41(32-15-16-40(60-3)43(48)44(32)52-36)62-31-19-38-39(55)22-47(64(58,59)25-33-34(49)13-9-14-35(33)50)21-29(47)10-5-4-8-17-61-24-28(45(57)54(38)23-31)18-42(56)63-30-11-6-7-12-30/h9,13-16,20,26-31,38H,4-8,10-12,17-19,21-25H2,1-3H3,(H,51,53)(H,58,59)/t28-,29+,31+,38-,47+/m0/s1. The van der Waals surface area contributed by atoms with Gasteiger partial charge in [-0.15, -0.1) is 11.3 Å². The number of hydrogen-bond acceptors (Lipinski definition) is 12. The molecule has 4 heterocycles. The minimum atomic E-state index is -4.46. The highest BCUT2D eigenvalue weighted by atomic mass is 35.5. The molecule has 4 fully saturated rings. The molecule has 1 amide bonds. The normalized spacial score (nSPS) is 25.4. The summed E-state index contributed by atoms with van der Waals surface area (Å²) in [6, 6.07) is 7.49. The quantitative estimate of drug-likeness (QED) is 0.102. The van der Waals surface area contributed by atoms with Crippen molar-refractivity contribution in [3.8, 4) is 22.9 Å². The summed E-state index contributed by atoms with van der Waals surface area (Å²) in [5, 5.41) is 5.20. The van der Waals surface area contributed by atoms with Crippen molar-refractivity contribution in [1.82, 2.24) is 14.9 Å². The first-order valence-electron chi connectivity index (χ1n) is 22.6. The lowest BCUT2D eigenvalue weighted by Gasteiger charge is -2.30. The van der Waals surface area contributed by atoms with Crippen molar-refractivity contribution in [1.29, 1.82) is 0 Å². The average molecular weight is 957 g/mol. The summed E-state index contributed by atoms with van der Waals surface area (Å²) in [6.45, 7) is 4.19. The second-order valence-corrected chi connectivity index (χ2v) is 22.1. The molecule has 1 unspecified atom stereocenters. The van der Waals surface area contributed by atoms with Gasteiger partial charge in [0.1, 0.15) is 46.1 Å². The Morgan fingerprint density at radius 2 is 1.80 bits per heavy atom. The van der Waals surface area contributed by atoms with Crippen LogP contribution in [-0.2, 0) is 34.6 Å². The molecule has 0 bridgehead atoms. The molecule has 2 saturated heterocycles. The number of esters is 1. The summed E-state index contributed by atoms with van der Waals surface area (Å²) in [6.07, 6.45) is 3.78. The molecule has 6 atom stereocenters. The topological polar surface area (TPSA) is 166 Å². The molecule has 4 aromatic rings. The Bertz CT molecular complexity index is 2450. The molecule has 2 saturated carbocycles. The number of nitrogens with one attached hydrogen (secondary N) is 1. The number of ketones is 1. The minimum Gasteiger partial charge on any atom is -0.495 e. The van der Waals surface area contributed by atoms with E-state index in [0.717, 1.165) is 44.2 Å². The molecule has 65 heavy (non-hydrogen) atoms. The SMILES string of the molecule is COc1ccc2c(O[C@@H]3C[C@H]4C(=O)C[C@]5(P(=O)(O)Cc6c(F)cccc6F)C[C@H]5CCCCCOC[C@H](CC(=O)OC5CCCC5)C(=O)N4C3)cc(-c3csc(NC(C)C)n3)nc2c1Cl. The van der Waals surface area contributed by atoms with Crippen LogP contribution >= 0.6 is 30.3 Å². The van der Waals surface area contributed by atoms with Crippen LogP contribution in [0, 0.1) is 23.5 Å². The lowest BCUT2D eigenvalue weighted by molar-refractivity contribution is -0.155. The third kappa shape index (κ3) is 10.4. The first-order chi connectivity index (χ1) is 31.2. The molecule has 13 nitrogen and oxygen atoms in total. The van der Waals surface area contributed by atoms with Crippen molar-refractivity contribution in [2.45, 2.75) is 127 Å². The van der Waals surface area contributed by atoms with Crippen molar-refractivity contribution in [2.75, 3.05) is 32.2 Å². The van der Waals surface area contributed by atoms with Gasteiger partial charge in [-0.25, -0.2) is 18.7 Å². The van der Waals surface area contributed by atoms with E-state index in [1.807, 2.05) is 19.2 Å². The van der Waals surface area contributed by atoms with E-state index < -0.39 is 71.6 Å². The zero-order valence-corrected chi connectivity index (χ0v) is 39.3. The number of thiazole rings is 1. The van der Waals surface area contributed by atoms with Gasteiger partial charge in [0.15, 0.2) is 10.9 Å². The fraction of sp³-hybridized carbons (Fsp3) is 0.553. The molecule has 4 aliphatic rings. The van der Waals surface area contributed by atoms with E-state index >= 15 is 0 Å². The number of hydrogen-bond donors (Lipinski definition) is 2. The number of halogens is 3. The Morgan fingerprint density at radius 1 is 1.05 bits per heavy atom. The van der Waals surface area contributed by atoms with Crippen molar-refractivity contribution in [3.05, 3.63) is 64.0 Å². The smallest absolute Gasteiger partial charge is 0.306 e. The molecule has 8 rings (SSSR count). The summed E-state index contributed by atoms with van der Waals surface area (Å²) in [4.78, 5) is 66.2. The van der Waals surface area contributed by atoms with E-state index in [-0.39, 0.29) is 61.9 Å². The van der Waals surface area contributed by atoms with E-state index in [0.29, 0.717) is 64.8 Å². The van der Waals surface area contributed by atoms with E-state index in [9.17, 15) is 32.6 Å². The van der Waals surface area contributed by atoms with Gasteiger partial charge in [-0.1, -0.05) is 30.5 Å². The molecule has 2 aromatic heterocycles. The van der Waals surface area contributed by atoms with Crippen LogP contribution in [0.25, 0.3) is 22.3 Å². The van der Waals surface area contributed by atoms with E-state index in [1.54, 1.807) is 18.2 Å². The maximum absolute atomic E-state index is 15.0. The fourth-order valence-corrected chi connectivity index (χ4v) is 13.6. The van der Waals surface area contributed by atoms with Crippen LogP contribution in [0.15, 0.2) is 41.8 Å². The van der Waals surface area contributed by atoms with E-state index in [4.69, 9.17) is 40.5 Å². The Morgan fingerprint density at radius 3 is 2.54 bits per heavy atom. The van der Waals surface area contributed by atoms with E-state index in [1.165, 1.54) is 29.4 Å². The van der Waals surface area contributed by atoms with Gasteiger partial charge >= 0.3 is 5.97 Å². The number of ether oxygens (including phenoxy) is 4.